The van der Waals surface area contributed by atoms with Crippen LogP contribution >= 0.6 is 23.2 Å². The van der Waals surface area contributed by atoms with E-state index in [0.29, 0.717) is 28.0 Å². The number of furan rings is 1. The van der Waals surface area contributed by atoms with Crippen LogP contribution in [0.15, 0.2) is 70.2 Å². The Morgan fingerprint density at radius 2 is 1.89 bits per heavy atom. The molecule has 28 heavy (non-hydrogen) atoms. The highest BCUT2D eigenvalue weighted by Gasteiger charge is 2.10. The van der Waals surface area contributed by atoms with Gasteiger partial charge in [0.05, 0.1) is 22.4 Å². The van der Waals surface area contributed by atoms with Crippen LogP contribution in [0.4, 0.5) is 0 Å². The Morgan fingerprint density at radius 1 is 1.11 bits per heavy atom. The molecule has 0 spiro atoms. The van der Waals surface area contributed by atoms with Gasteiger partial charge in [0, 0.05) is 12.0 Å². The van der Waals surface area contributed by atoms with Crippen molar-refractivity contribution in [1.82, 2.24) is 5.43 Å². The topological polar surface area (TPSA) is 74.8 Å². The van der Waals surface area contributed by atoms with Crippen molar-refractivity contribution >= 4 is 35.3 Å². The fourth-order valence-electron chi connectivity index (χ4n) is 2.56. The van der Waals surface area contributed by atoms with Crippen molar-refractivity contribution in [2.24, 2.45) is 5.10 Å². The third kappa shape index (κ3) is 5.45. The predicted molar refractivity (Wildman–Crippen MR) is 111 cm³/mol. The SMILES string of the molecule is O=C(CC[C@H](O)c1ccccc1)N/N=C\c1ccc(-c2ccc(Cl)c(Cl)c2)o1. The Bertz CT molecular complexity index is 971. The van der Waals surface area contributed by atoms with Crippen LogP contribution in [0.2, 0.25) is 10.0 Å². The van der Waals surface area contributed by atoms with E-state index in [1.165, 1.54) is 6.21 Å². The second-order valence-electron chi connectivity index (χ2n) is 6.09. The van der Waals surface area contributed by atoms with Gasteiger partial charge in [0.25, 0.3) is 0 Å². The molecule has 3 aromatic rings. The van der Waals surface area contributed by atoms with E-state index in [2.05, 4.69) is 10.5 Å². The van der Waals surface area contributed by atoms with Gasteiger partial charge in [-0.15, -0.1) is 0 Å². The molecule has 0 unspecified atom stereocenters. The number of nitrogens with zero attached hydrogens (tertiary/aromatic N) is 1. The summed E-state index contributed by atoms with van der Waals surface area (Å²) in [6.45, 7) is 0. The molecule has 0 radical (unpaired) electrons. The van der Waals surface area contributed by atoms with E-state index >= 15 is 0 Å². The smallest absolute Gasteiger partial charge is 0.240 e. The van der Waals surface area contributed by atoms with Gasteiger partial charge in [-0.3, -0.25) is 4.79 Å². The molecule has 0 aliphatic carbocycles. The molecule has 144 valence electrons. The van der Waals surface area contributed by atoms with Crippen molar-refractivity contribution in [3.05, 3.63) is 82.0 Å². The van der Waals surface area contributed by atoms with Crippen molar-refractivity contribution in [1.29, 1.82) is 0 Å². The normalized spacial score (nSPS) is 12.2. The van der Waals surface area contributed by atoms with Crippen LogP contribution in [0.1, 0.15) is 30.3 Å². The molecule has 0 fully saturated rings. The van der Waals surface area contributed by atoms with E-state index in [1.807, 2.05) is 30.3 Å². The number of benzene rings is 2. The number of nitrogens with one attached hydrogen (secondary N) is 1. The number of hydrazone groups is 1. The quantitative estimate of drug-likeness (QED) is 0.409. The molecule has 1 atom stereocenters. The van der Waals surface area contributed by atoms with Crippen molar-refractivity contribution in [3.63, 3.8) is 0 Å². The van der Waals surface area contributed by atoms with Crippen molar-refractivity contribution in [3.8, 4) is 11.3 Å². The number of aliphatic hydroxyl groups is 1. The highest BCUT2D eigenvalue weighted by molar-refractivity contribution is 6.42. The minimum absolute atomic E-state index is 0.153. The minimum Gasteiger partial charge on any atom is -0.455 e. The molecule has 0 aliphatic rings. The van der Waals surface area contributed by atoms with Crippen LogP contribution in [-0.2, 0) is 4.79 Å². The standard InChI is InChI=1S/C21H18Cl2N2O3/c22-17-8-6-15(12-18(17)23)20-10-7-16(28-20)13-24-25-21(27)11-9-19(26)14-4-2-1-3-5-14/h1-8,10,12-13,19,26H,9,11H2,(H,25,27)/b24-13-/t19-/m0/s1. The Morgan fingerprint density at radius 3 is 2.64 bits per heavy atom. The summed E-state index contributed by atoms with van der Waals surface area (Å²) in [5.74, 6) is 0.797. The maximum absolute atomic E-state index is 11.9. The molecule has 2 aromatic carbocycles. The van der Waals surface area contributed by atoms with E-state index in [1.54, 1.807) is 30.3 Å². The summed E-state index contributed by atoms with van der Waals surface area (Å²) in [5, 5.41) is 14.9. The monoisotopic (exact) mass is 416 g/mol. The van der Waals surface area contributed by atoms with Gasteiger partial charge in [-0.2, -0.15) is 5.10 Å². The largest absolute Gasteiger partial charge is 0.455 e. The Labute approximate surface area is 172 Å². The number of amides is 1. The van der Waals surface area contributed by atoms with Crippen LogP contribution in [0.25, 0.3) is 11.3 Å². The fraction of sp³-hybridized carbons (Fsp3) is 0.143. The summed E-state index contributed by atoms with van der Waals surface area (Å²) in [6, 6.07) is 17.9. The van der Waals surface area contributed by atoms with E-state index in [-0.39, 0.29) is 12.3 Å². The minimum atomic E-state index is -0.685. The van der Waals surface area contributed by atoms with Crippen LogP contribution in [0, 0.1) is 0 Å². The second-order valence-corrected chi connectivity index (χ2v) is 6.90. The van der Waals surface area contributed by atoms with Gasteiger partial charge in [-0.1, -0.05) is 53.5 Å². The Hall–Kier alpha value is -2.60. The fourth-order valence-corrected chi connectivity index (χ4v) is 2.86. The van der Waals surface area contributed by atoms with Crippen LogP contribution in [-0.4, -0.2) is 17.2 Å². The third-order valence-electron chi connectivity index (χ3n) is 4.04. The second kappa shape index (κ2) is 9.55. The average Bonchev–Trinajstić information content (AvgIpc) is 3.18. The molecule has 0 bridgehead atoms. The van der Waals surface area contributed by atoms with Crippen molar-refractivity contribution < 1.29 is 14.3 Å². The number of carbonyl (C=O) groups is 1. The number of carbonyl (C=O) groups excluding carboxylic acids is 1. The first kappa shape index (κ1) is 20.1. The van der Waals surface area contributed by atoms with Crippen LogP contribution in [0.3, 0.4) is 0 Å². The summed E-state index contributed by atoms with van der Waals surface area (Å²) in [7, 11) is 0. The van der Waals surface area contributed by atoms with E-state index in [9.17, 15) is 9.90 Å². The van der Waals surface area contributed by atoms with E-state index < -0.39 is 6.10 Å². The molecule has 1 aromatic heterocycles. The summed E-state index contributed by atoms with van der Waals surface area (Å²) in [5.41, 5.74) is 3.99. The summed E-state index contributed by atoms with van der Waals surface area (Å²) in [6.07, 6.45) is 1.19. The van der Waals surface area contributed by atoms with Crippen LogP contribution < -0.4 is 5.43 Å². The number of hydrogen-bond acceptors (Lipinski definition) is 4. The first-order chi connectivity index (χ1) is 13.5. The lowest BCUT2D eigenvalue weighted by Crippen LogP contribution is -2.18. The average molecular weight is 417 g/mol. The highest BCUT2D eigenvalue weighted by Crippen LogP contribution is 2.29. The molecule has 0 saturated carbocycles. The first-order valence-corrected chi connectivity index (χ1v) is 9.38. The molecule has 7 heteroatoms. The first-order valence-electron chi connectivity index (χ1n) is 8.63. The molecular weight excluding hydrogens is 399 g/mol. The zero-order valence-electron chi connectivity index (χ0n) is 14.8. The molecule has 2 N–H and O–H groups in total. The van der Waals surface area contributed by atoms with Gasteiger partial charge < -0.3 is 9.52 Å². The Kier molecular flexibility index (Phi) is 6.87. The van der Waals surface area contributed by atoms with Crippen molar-refractivity contribution in [2.45, 2.75) is 18.9 Å². The third-order valence-corrected chi connectivity index (χ3v) is 4.78. The zero-order chi connectivity index (χ0) is 19.9. The molecule has 1 heterocycles. The number of hydrogen-bond donors (Lipinski definition) is 2. The van der Waals surface area contributed by atoms with Crippen molar-refractivity contribution in [2.75, 3.05) is 0 Å². The summed E-state index contributed by atoms with van der Waals surface area (Å²) >= 11 is 11.9. The summed E-state index contributed by atoms with van der Waals surface area (Å²) in [4.78, 5) is 11.9. The summed E-state index contributed by atoms with van der Waals surface area (Å²) < 4.78 is 5.66. The molecule has 0 saturated heterocycles. The van der Waals surface area contributed by atoms with E-state index in [4.69, 9.17) is 27.6 Å². The maximum Gasteiger partial charge on any atom is 0.240 e. The number of halogens is 2. The molecule has 5 nitrogen and oxygen atoms in total. The van der Waals surface area contributed by atoms with Crippen LogP contribution in [0.5, 0.6) is 0 Å². The van der Waals surface area contributed by atoms with Gasteiger partial charge in [0.1, 0.15) is 11.5 Å². The van der Waals surface area contributed by atoms with Gasteiger partial charge in [-0.05, 0) is 42.3 Å². The van der Waals surface area contributed by atoms with Gasteiger partial charge in [0.2, 0.25) is 5.91 Å². The lowest BCUT2D eigenvalue weighted by molar-refractivity contribution is -0.121. The molecule has 0 aliphatic heterocycles. The molecule has 1 amide bonds. The highest BCUT2D eigenvalue weighted by atomic mass is 35.5. The molecular formula is C21H18Cl2N2O3. The van der Waals surface area contributed by atoms with Gasteiger partial charge >= 0.3 is 0 Å². The van der Waals surface area contributed by atoms with E-state index in [0.717, 1.165) is 11.1 Å². The molecule has 3 rings (SSSR count). The zero-order valence-corrected chi connectivity index (χ0v) is 16.3. The lowest BCUT2D eigenvalue weighted by atomic mass is 10.1. The van der Waals surface area contributed by atoms with Gasteiger partial charge in [0.15, 0.2) is 0 Å². The van der Waals surface area contributed by atoms with Gasteiger partial charge in [-0.25, -0.2) is 5.43 Å². The predicted octanol–water partition coefficient (Wildman–Crippen LogP) is 5.22. The Balaban J connectivity index is 1.50. The number of aliphatic hydroxyl groups excluding tert-OH is 1. The number of rotatable bonds is 7. The lowest BCUT2D eigenvalue weighted by Gasteiger charge is -2.09. The maximum atomic E-state index is 11.9.